The van der Waals surface area contributed by atoms with Gasteiger partial charge in [0, 0.05) is 17.8 Å². The second-order valence-electron chi connectivity index (χ2n) is 5.20. The number of hydrogen-bond acceptors (Lipinski definition) is 6. The van der Waals surface area contributed by atoms with Gasteiger partial charge in [-0.2, -0.15) is 4.98 Å². The molecule has 6 heteroatoms. The molecule has 1 aromatic heterocycles. The van der Waals surface area contributed by atoms with Crippen LogP contribution in [0.25, 0.3) is 10.9 Å². The fourth-order valence-corrected chi connectivity index (χ4v) is 2.76. The number of para-hydroxylation sites is 1. The van der Waals surface area contributed by atoms with Crippen molar-refractivity contribution in [3.8, 4) is 0 Å². The molecule has 1 heterocycles. The zero-order valence-corrected chi connectivity index (χ0v) is 11.2. The van der Waals surface area contributed by atoms with E-state index in [9.17, 15) is 5.11 Å². The number of nitrogen functional groups attached to an aromatic ring is 1. The Kier molecular flexibility index (Phi) is 3.66. The standard InChI is InChI=1S/C14H19N5O/c15-19-14-17-11-6-2-1-5-10(11)13(18-14)16-8-9-4-3-7-12(9)20/h1-2,5-6,9,12,20H,3-4,7-8,15H2,(H2,16,17,18,19). The topological polar surface area (TPSA) is 96.1 Å². The Morgan fingerprint density at radius 2 is 2.10 bits per heavy atom. The van der Waals surface area contributed by atoms with E-state index in [1.54, 1.807) is 0 Å². The lowest BCUT2D eigenvalue weighted by molar-refractivity contribution is 0.138. The summed E-state index contributed by atoms with van der Waals surface area (Å²) in [5, 5.41) is 14.2. The second kappa shape index (κ2) is 5.60. The first-order valence-electron chi connectivity index (χ1n) is 6.93. The monoisotopic (exact) mass is 273 g/mol. The molecule has 2 atom stereocenters. The van der Waals surface area contributed by atoms with Crippen molar-refractivity contribution in [1.82, 2.24) is 9.97 Å². The summed E-state index contributed by atoms with van der Waals surface area (Å²) in [6, 6.07) is 7.79. The minimum atomic E-state index is -0.206. The molecule has 3 rings (SSSR count). The van der Waals surface area contributed by atoms with E-state index in [2.05, 4.69) is 20.7 Å². The van der Waals surface area contributed by atoms with Crippen LogP contribution in [-0.2, 0) is 0 Å². The summed E-state index contributed by atoms with van der Waals surface area (Å²) in [6.07, 6.45) is 2.84. The first-order chi connectivity index (χ1) is 9.78. The molecule has 2 aromatic rings. The van der Waals surface area contributed by atoms with Gasteiger partial charge in [-0.25, -0.2) is 10.8 Å². The van der Waals surface area contributed by atoms with Crippen molar-refractivity contribution >= 4 is 22.7 Å². The van der Waals surface area contributed by atoms with Crippen LogP contribution in [0.2, 0.25) is 0 Å². The van der Waals surface area contributed by atoms with Crippen LogP contribution in [0, 0.1) is 5.92 Å². The number of benzene rings is 1. The van der Waals surface area contributed by atoms with Crippen LogP contribution in [0.1, 0.15) is 19.3 Å². The SMILES string of the molecule is NNc1nc(NCC2CCCC2O)c2ccccc2n1. The van der Waals surface area contributed by atoms with Gasteiger partial charge in [-0.3, -0.25) is 5.43 Å². The average Bonchev–Trinajstić information content (AvgIpc) is 2.89. The third-order valence-electron chi connectivity index (χ3n) is 3.88. The predicted octanol–water partition coefficient (Wildman–Crippen LogP) is 1.49. The molecular formula is C14H19N5O. The highest BCUT2D eigenvalue weighted by Crippen LogP contribution is 2.27. The third-order valence-corrected chi connectivity index (χ3v) is 3.88. The highest BCUT2D eigenvalue weighted by molar-refractivity contribution is 5.89. The minimum absolute atomic E-state index is 0.206. The molecule has 0 bridgehead atoms. The summed E-state index contributed by atoms with van der Waals surface area (Å²) in [5.74, 6) is 6.84. The van der Waals surface area contributed by atoms with E-state index >= 15 is 0 Å². The van der Waals surface area contributed by atoms with E-state index in [0.29, 0.717) is 12.5 Å². The van der Waals surface area contributed by atoms with Gasteiger partial charge in [0.1, 0.15) is 5.82 Å². The summed E-state index contributed by atoms with van der Waals surface area (Å²) in [5.41, 5.74) is 3.32. The van der Waals surface area contributed by atoms with E-state index in [4.69, 9.17) is 5.84 Å². The van der Waals surface area contributed by atoms with E-state index in [-0.39, 0.29) is 12.0 Å². The number of nitrogens with one attached hydrogen (secondary N) is 2. The molecule has 5 N–H and O–H groups in total. The molecule has 0 saturated heterocycles. The highest BCUT2D eigenvalue weighted by atomic mass is 16.3. The van der Waals surface area contributed by atoms with E-state index in [0.717, 1.165) is 36.0 Å². The molecule has 106 valence electrons. The molecule has 0 aliphatic heterocycles. The number of aliphatic hydroxyl groups excluding tert-OH is 1. The van der Waals surface area contributed by atoms with Crippen LogP contribution in [0.15, 0.2) is 24.3 Å². The summed E-state index contributed by atoms with van der Waals surface area (Å²) >= 11 is 0. The van der Waals surface area contributed by atoms with Gasteiger partial charge in [0.2, 0.25) is 5.95 Å². The van der Waals surface area contributed by atoms with Crippen molar-refractivity contribution in [2.24, 2.45) is 11.8 Å². The molecular weight excluding hydrogens is 254 g/mol. The number of nitrogens with two attached hydrogens (primary N) is 1. The molecule has 0 radical (unpaired) electrons. The van der Waals surface area contributed by atoms with E-state index < -0.39 is 0 Å². The molecule has 1 saturated carbocycles. The summed E-state index contributed by atoms with van der Waals surface area (Å²) in [6.45, 7) is 0.714. The Labute approximate surface area is 117 Å². The van der Waals surface area contributed by atoms with Crippen LogP contribution >= 0.6 is 0 Å². The Balaban J connectivity index is 1.85. The normalized spacial score (nSPS) is 22.1. The van der Waals surface area contributed by atoms with Gasteiger partial charge in [0.05, 0.1) is 11.6 Å². The largest absolute Gasteiger partial charge is 0.393 e. The van der Waals surface area contributed by atoms with Crippen LogP contribution in [-0.4, -0.2) is 27.7 Å². The van der Waals surface area contributed by atoms with Crippen molar-refractivity contribution in [1.29, 1.82) is 0 Å². The first kappa shape index (κ1) is 13.1. The number of anilines is 2. The zero-order chi connectivity index (χ0) is 13.9. The van der Waals surface area contributed by atoms with Crippen LogP contribution < -0.4 is 16.6 Å². The van der Waals surface area contributed by atoms with Gasteiger partial charge >= 0.3 is 0 Å². The molecule has 6 nitrogen and oxygen atoms in total. The number of aliphatic hydroxyl groups is 1. The number of hydrogen-bond donors (Lipinski definition) is 4. The fourth-order valence-electron chi connectivity index (χ4n) is 2.76. The smallest absolute Gasteiger partial charge is 0.239 e. The molecule has 0 spiro atoms. The van der Waals surface area contributed by atoms with Crippen LogP contribution in [0.3, 0.4) is 0 Å². The number of fused-ring (bicyclic) bond motifs is 1. The predicted molar refractivity (Wildman–Crippen MR) is 79.2 cm³/mol. The Hall–Kier alpha value is -1.92. The molecule has 2 unspecified atom stereocenters. The Morgan fingerprint density at radius 1 is 1.25 bits per heavy atom. The molecule has 20 heavy (non-hydrogen) atoms. The molecule has 1 aliphatic carbocycles. The first-order valence-corrected chi connectivity index (χ1v) is 6.93. The highest BCUT2D eigenvalue weighted by Gasteiger charge is 2.25. The average molecular weight is 273 g/mol. The summed E-state index contributed by atoms with van der Waals surface area (Å²) in [7, 11) is 0. The third kappa shape index (κ3) is 2.52. The zero-order valence-electron chi connectivity index (χ0n) is 11.2. The fraction of sp³-hybridized carbons (Fsp3) is 0.429. The Morgan fingerprint density at radius 3 is 2.85 bits per heavy atom. The van der Waals surface area contributed by atoms with Gasteiger partial charge in [-0.15, -0.1) is 0 Å². The van der Waals surface area contributed by atoms with E-state index in [1.807, 2.05) is 24.3 Å². The van der Waals surface area contributed by atoms with Gasteiger partial charge in [0.15, 0.2) is 0 Å². The lowest BCUT2D eigenvalue weighted by atomic mass is 10.1. The molecule has 1 aliphatic rings. The molecule has 1 aromatic carbocycles. The second-order valence-corrected chi connectivity index (χ2v) is 5.20. The molecule has 1 fully saturated rings. The van der Waals surface area contributed by atoms with Crippen molar-refractivity contribution in [3.63, 3.8) is 0 Å². The maximum absolute atomic E-state index is 9.88. The van der Waals surface area contributed by atoms with Crippen molar-refractivity contribution < 1.29 is 5.11 Å². The maximum Gasteiger partial charge on any atom is 0.239 e. The van der Waals surface area contributed by atoms with Crippen LogP contribution in [0.5, 0.6) is 0 Å². The van der Waals surface area contributed by atoms with Gasteiger partial charge < -0.3 is 10.4 Å². The quantitative estimate of drug-likeness (QED) is 0.498. The van der Waals surface area contributed by atoms with Crippen molar-refractivity contribution in [3.05, 3.63) is 24.3 Å². The Bertz CT molecular complexity index is 603. The lowest BCUT2D eigenvalue weighted by Crippen LogP contribution is -2.22. The van der Waals surface area contributed by atoms with Gasteiger partial charge in [0.25, 0.3) is 0 Å². The maximum atomic E-state index is 9.88. The number of nitrogens with zero attached hydrogens (tertiary/aromatic N) is 2. The molecule has 0 amide bonds. The number of rotatable bonds is 4. The van der Waals surface area contributed by atoms with E-state index in [1.165, 1.54) is 0 Å². The van der Waals surface area contributed by atoms with Crippen molar-refractivity contribution in [2.75, 3.05) is 17.3 Å². The number of aromatic nitrogens is 2. The van der Waals surface area contributed by atoms with Gasteiger partial charge in [-0.05, 0) is 25.0 Å². The van der Waals surface area contributed by atoms with Gasteiger partial charge in [-0.1, -0.05) is 18.6 Å². The lowest BCUT2D eigenvalue weighted by Gasteiger charge is -2.16. The van der Waals surface area contributed by atoms with Crippen molar-refractivity contribution in [2.45, 2.75) is 25.4 Å². The number of hydrazine groups is 1. The van der Waals surface area contributed by atoms with Crippen LogP contribution in [0.4, 0.5) is 11.8 Å². The minimum Gasteiger partial charge on any atom is -0.393 e. The summed E-state index contributed by atoms with van der Waals surface area (Å²) < 4.78 is 0. The summed E-state index contributed by atoms with van der Waals surface area (Å²) in [4.78, 5) is 8.68.